The van der Waals surface area contributed by atoms with Crippen LogP contribution >= 0.6 is 0 Å². The number of nitrogens with one attached hydrogen (secondary N) is 2. The minimum atomic E-state index is -0.498. The summed E-state index contributed by atoms with van der Waals surface area (Å²) in [6, 6.07) is 5.69. The first-order chi connectivity index (χ1) is 11.3. The lowest BCUT2D eigenvalue weighted by atomic mass is 9.68. The summed E-state index contributed by atoms with van der Waals surface area (Å²) in [6.07, 6.45) is 2.14. The predicted octanol–water partition coefficient (Wildman–Crippen LogP) is 2.30. The molecule has 0 aromatic heterocycles. The molecule has 0 radical (unpaired) electrons. The third-order valence-corrected chi connectivity index (χ3v) is 4.99. The van der Waals surface area contributed by atoms with Crippen molar-refractivity contribution in [2.24, 2.45) is 0 Å². The van der Waals surface area contributed by atoms with Gasteiger partial charge in [0.25, 0.3) is 0 Å². The number of hydrogen-bond donors (Lipinski definition) is 2. The Morgan fingerprint density at radius 1 is 1.25 bits per heavy atom. The largest absolute Gasteiger partial charge is 0.497 e. The molecule has 2 aliphatic heterocycles. The molecule has 1 aromatic rings. The van der Waals surface area contributed by atoms with Crippen molar-refractivity contribution in [3.05, 3.63) is 29.3 Å². The molecule has 5 heteroatoms. The van der Waals surface area contributed by atoms with Crippen LogP contribution in [-0.2, 0) is 14.9 Å². The van der Waals surface area contributed by atoms with Crippen molar-refractivity contribution >= 4 is 5.97 Å². The molecule has 2 heterocycles. The van der Waals surface area contributed by atoms with Crippen LogP contribution in [0.1, 0.15) is 50.8 Å². The Balaban J connectivity index is 1.99. The molecule has 1 atom stereocenters. The lowest BCUT2D eigenvalue weighted by Gasteiger charge is -2.45. The molecule has 2 aliphatic rings. The SMILES string of the molecule is COc1ccc2c(c1)C(C(=O)OC(C)(C)C)NCC21CCNCC1. The first-order valence-corrected chi connectivity index (χ1v) is 8.70. The average Bonchev–Trinajstić information content (AvgIpc) is 2.54. The van der Waals surface area contributed by atoms with E-state index in [-0.39, 0.29) is 11.4 Å². The third kappa shape index (κ3) is 3.28. The Bertz CT molecular complexity index is 616. The zero-order valence-electron chi connectivity index (χ0n) is 15.1. The van der Waals surface area contributed by atoms with E-state index in [1.54, 1.807) is 7.11 Å². The number of rotatable bonds is 2. The number of hydrogen-bond acceptors (Lipinski definition) is 5. The molecular weight excluding hydrogens is 304 g/mol. The summed E-state index contributed by atoms with van der Waals surface area (Å²) >= 11 is 0. The monoisotopic (exact) mass is 332 g/mol. The van der Waals surface area contributed by atoms with Gasteiger partial charge in [-0.2, -0.15) is 0 Å². The Morgan fingerprint density at radius 2 is 1.96 bits per heavy atom. The maximum atomic E-state index is 12.7. The highest BCUT2D eigenvalue weighted by molar-refractivity contribution is 5.79. The summed E-state index contributed by atoms with van der Waals surface area (Å²) in [5.41, 5.74) is 1.85. The highest BCUT2D eigenvalue weighted by atomic mass is 16.6. The summed E-state index contributed by atoms with van der Waals surface area (Å²) in [5.74, 6) is 0.552. The van der Waals surface area contributed by atoms with Gasteiger partial charge >= 0.3 is 5.97 Å². The van der Waals surface area contributed by atoms with Crippen LogP contribution in [0, 0.1) is 0 Å². The van der Waals surface area contributed by atoms with E-state index < -0.39 is 11.6 Å². The molecule has 24 heavy (non-hydrogen) atoms. The lowest BCUT2D eigenvalue weighted by Crippen LogP contribution is -2.52. The average molecular weight is 332 g/mol. The van der Waals surface area contributed by atoms with E-state index in [1.807, 2.05) is 32.9 Å². The van der Waals surface area contributed by atoms with E-state index in [9.17, 15) is 4.79 Å². The number of ether oxygens (including phenoxy) is 2. The van der Waals surface area contributed by atoms with Crippen molar-refractivity contribution in [3.8, 4) is 5.75 Å². The molecule has 0 amide bonds. The number of methoxy groups -OCH3 is 1. The maximum absolute atomic E-state index is 12.7. The van der Waals surface area contributed by atoms with E-state index in [0.717, 1.165) is 43.8 Å². The third-order valence-electron chi connectivity index (χ3n) is 4.99. The van der Waals surface area contributed by atoms with Gasteiger partial charge in [-0.05, 0) is 70.0 Å². The van der Waals surface area contributed by atoms with Crippen LogP contribution < -0.4 is 15.4 Å². The van der Waals surface area contributed by atoms with Crippen molar-refractivity contribution in [1.82, 2.24) is 10.6 Å². The molecule has 132 valence electrons. The van der Waals surface area contributed by atoms with Gasteiger partial charge in [0.2, 0.25) is 0 Å². The Kier molecular flexibility index (Phi) is 4.58. The zero-order chi connectivity index (χ0) is 17.4. The van der Waals surface area contributed by atoms with Crippen molar-refractivity contribution in [2.75, 3.05) is 26.7 Å². The van der Waals surface area contributed by atoms with Crippen LogP contribution in [0.15, 0.2) is 18.2 Å². The lowest BCUT2D eigenvalue weighted by molar-refractivity contribution is -0.158. The number of esters is 1. The second kappa shape index (κ2) is 6.37. The summed E-state index contributed by atoms with van der Waals surface area (Å²) in [7, 11) is 1.65. The molecule has 1 unspecified atom stereocenters. The van der Waals surface area contributed by atoms with Crippen LogP contribution in [0.2, 0.25) is 0 Å². The van der Waals surface area contributed by atoms with Gasteiger partial charge in [0.15, 0.2) is 0 Å². The molecular formula is C19H28N2O3. The fourth-order valence-electron chi connectivity index (χ4n) is 3.81. The second-order valence-electron chi connectivity index (χ2n) is 7.83. The van der Waals surface area contributed by atoms with Gasteiger partial charge in [0.1, 0.15) is 17.4 Å². The number of carbonyl (C=O) groups excluding carboxylic acids is 1. The van der Waals surface area contributed by atoms with Crippen molar-refractivity contribution < 1.29 is 14.3 Å². The molecule has 0 saturated carbocycles. The number of fused-ring (bicyclic) bond motifs is 2. The second-order valence-corrected chi connectivity index (χ2v) is 7.83. The van der Waals surface area contributed by atoms with Crippen LogP contribution in [0.5, 0.6) is 5.75 Å². The van der Waals surface area contributed by atoms with Gasteiger partial charge < -0.3 is 14.8 Å². The minimum Gasteiger partial charge on any atom is -0.497 e. The van der Waals surface area contributed by atoms with E-state index in [2.05, 4.69) is 16.7 Å². The van der Waals surface area contributed by atoms with Crippen LogP contribution in [0.3, 0.4) is 0 Å². The summed E-state index contributed by atoms with van der Waals surface area (Å²) in [6.45, 7) is 8.50. The zero-order valence-corrected chi connectivity index (χ0v) is 15.1. The fraction of sp³-hybridized carbons (Fsp3) is 0.632. The maximum Gasteiger partial charge on any atom is 0.328 e. The summed E-state index contributed by atoms with van der Waals surface area (Å²) in [4.78, 5) is 12.7. The van der Waals surface area contributed by atoms with Crippen molar-refractivity contribution in [1.29, 1.82) is 0 Å². The summed E-state index contributed by atoms with van der Waals surface area (Å²) < 4.78 is 11.0. The number of piperidine rings is 1. The molecule has 1 aromatic carbocycles. The molecule has 1 spiro atoms. The van der Waals surface area contributed by atoms with Gasteiger partial charge in [-0.15, -0.1) is 0 Å². The Morgan fingerprint density at radius 3 is 2.58 bits per heavy atom. The molecule has 1 saturated heterocycles. The number of carbonyl (C=O) groups is 1. The van der Waals surface area contributed by atoms with Crippen molar-refractivity contribution in [3.63, 3.8) is 0 Å². The fourth-order valence-corrected chi connectivity index (χ4v) is 3.81. The molecule has 0 aliphatic carbocycles. The van der Waals surface area contributed by atoms with Crippen molar-refractivity contribution in [2.45, 2.75) is 50.7 Å². The van der Waals surface area contributed by atoms with Gasteiger partial charge in [0, 0.05) is 12.0 Å². The quantitative estimate of drug-likeness (QED) is 0.814. The normalized spacial score (nSPS) is 22.8. The molecule has 1 fully saturated rings. The van der Waals surface area contributed by atoms with Crippen LogP contribution in [0.25, 0.3) is 0 Å². The van der Waals surface area contributed by atoms with Gasteiger partial charge in [-0.1, -0.05) is 6.07 Å². The Labute approximate surface area is 144 Å². The first-order valence-electron chi connectivity index (χ1n) is 8.70. The number of benzene rings is 1. The van der Waals surface area contributed by atoms with Gasteiger partial charge in [0.05, 0.1) is 7.11 Å². The molecule has 0 bridgehead atoms. The van der Waals surface area contributed by atoms with E-state index >= 15 is 0 Å². The highest BCUT2D eigenvalue weighted by Gasteiger charge is 2.43. The summed E-state index contributed by atoms with van der Waals surface area (Å²) in [5, 5.41) is 6.88. The van der Waals surface area contributed by atoms with E-state index in [1.165, 1.54) is 5.56 Å². The predicted molar refractivity (Wildman–Crippen MR) is 93.4 cm³/mol. The van der Waals surface area contributed by atoms with Gasteiger partial charge in [-0.3, -0.25) is 5.32 Å². The first kappa shape index (κ1) is 17.2. The molecule has 5 nitrogen and oxygen atoms in total. The standard InChI is InChI=1S/C19H28N2O3/c1-18(2,3)24-17(22)16-14-11-13(23-4)5-6-15(14)19(12-21-16)7-9-20-10-8-19/h5-6,11,16,20-21H,7-10,12H2,1-4H3. The highest BCUT2D eigenvalue weighted by Crippen LogP contribution is 2.42. The molecule has 2 N–H and O–H groups in total. The topological polar surface area (TPSA) is 59.6 Å². The minimum absolute atomic E-state index is 0.0887. The Hall–Kier alpha value is -1.59. The van der Waals surface area contributed by atoms with E-state index in [4.69, 9.17) is 9.47 Å². The van der Waals surface area contributed by atoms with E-state index in [0.29, 0.717) is 0 Å². The van der Waals surface area contributed by atoms with Crippen LogP contribution in [-0.4, -0.2) is 38.3 Å². The smallest absolute Gasteiger partial charge is 0.328 e. The van der Waals surface area contributed by atoms with Gasteiger partial charge in [-0.25, -0.2) is 4.79 Å². The molecule has 3 rings (SSSR count). The van der Waals surface area contributed by atoms with Crippen LogP contribution in [0.4, 0.5) is 0 Å².